The first-order valence-electron chi connectivity index (χ1n) is 7.37. The van der Waals surface area contributed by atoms with Crippen LogP contribution in [-0.4, -0.2) is 50.3 Å². The van der Waals surface area contributed by atoms with Crippen LogP contribution in [0.4, 0.5) is 0 Å². The summed E-state index contributed by atoms with van der Waals surface area (Å²) in [4.78, 5) is 2.61. The third-order valence-electron chi connectivity index (χ3n) is 3.58. The van der Waals surface area contributed by atoms with Crippen LogP contribution in [-0.2, 0) is 4.74 Å². The van der Waals surface area contributed by atoms with E-state index in [2.05, 4.69) is 24.1 Å². The topological polar surface area (TPSA) is 24.5 Å². The Morgan fingerprint density at radius 2 is 2.12 bits per heavy atom. The van der Waals surface area contributed by atoms with Gasteiger partial charge in [-0.2, -0.15) is 0 Å². The fraction of sp³-hybridized carbons (Fsp3) is 1.00. The number of hydrogen-bond donors (Lipinski definition) is 1. The van der Waals surface area contributed by atoms with Gasteiger partial charge in [-0.25, -0.2) is 0 Å². The third-order valence-corrected chi connectivity index (χ3v) is 3.58. The summed E-state index contributed by atoms with van der Waals surface area (Å²) in [6.45, 7) is 10.9. The van der Waals surface area contributed by atoms with Crippen LogP contribution in [0.15, 0.2) is 0 Å². The molecule has 0 amide bonds. The molecule has 1 N–H and O–H groups in total. The predicted molar refractivity (Wildman–Crippen MR) is 73.5 cm³/mol. The lowest BCUT2D eigenvalue weighted by Crippen LogP contribution is -2.41. The molecule has 0 aromatic rings. The fourth-order valence-electron chi connectivity index (χ4n) is 2.33. The Morgan fingerprint density at radius 3 is 2.88 bits per heavy atom. The summed E-state index contributed by atoms with van der Waals surface area (Å²) in [5.74, 6) is 0. The third kappa shape index (κ3) is 7.02. The summed E-state index contributed by atoms with van der Waals surface area (Å²) in [6, 6.07) is 0.784. The molecular weight excluding hydrogens is 212 g/mol. The number of ether oxygens (including phenoxy) is 1. The van der Waals surface area contributed by atoms with Crippen molar-refractivity contribution in [3.63, 3.8) is 0 Å². The van der Waals surface area contributed by atoms with Gasteiger partial charge in [0.05, 0.1) is 6.61 Å². The largest absolute Gasteiger partial charge is 0.380 e. The van der Waals surface area contributed by atoms with Gasteiger partial charge in [-0.15, -0.1) is 0 Å². The van der Waals surface area contributed by atoms with Gasteiger partial charge in [0.1, 0.15) is 0 Å². The van der Waals surface area contributed by atoms with E-state index in [4.69, 9.17) is 4.74 Å². The quantitative estimate of drug-likeness (QED) is 0.628. The number of nitrogens with one attached hydrogen (secondary N) is 1. The summed E-state index contributed by atoms with van der Waals surface area (Å²) < 4.78 is 5.51. The second kappa shape index (κ2) is 9.86. The van der Waals surface area contributed by atoms with Crippen molar-refractivity contribution in [3.05, 3.63) is 0 Å². The maximum absolute atomic E-state index is 5.51. The average Bonchev–Trinajstić information content (AvgIpc) is 2.35. The molecule has 1 aliphatic heterocycles. The zero-order valence-corrected chi connectivity index (χ0v) is 11.7. The Kier molecular flexibility index (Phi) is 8.67. The number of rotatable bonds is 9. The van der Waals surface area contributed by atoms with Crippen molar-refractivity contribution < 1.29 is 4.74 Å². The Bertz CT molecular complexity index is 176. The molecule has 3 nitrogen and oxygen atoms in total. The molecule has 0 aliphatic carbocycles. The molecule has 1 heterocycles. The Hall–Kier alpha value is -0.120. The number of piperidine rings is 1. The number of hydrogen-bond acceptors (Lipinski definition) is 3. The first-order chi connectivity index (χ1) is 8.34. The summed E-state index contributed by atoms with van der Waals surface area (Å²) in [7, 11) is 0. The van der Waals surface area contributed by atoms with Crippen molar-refractivity contribution in [2.45, 2.75) is 52.0 Å². The molecule has 0 bridgehead atoms. The molecule has 17 heavy (non-hydrogen) atoms. The van der Waals surface area contributed by atoms with Crippen molar-refractivity contribution >= 4 is 0 Å². The number of nitrogens with zero attached hydrogens (tertiary/aromatic N) is 1. The molecule has 0 aromatic heterocycles. The predicted octanol–water partition coefficient (Wildman–Crippen LogP) is 2.27. The van der Waals surface area contributed by atoms with Gasteiger partial charge in [0.25, 0.3) is 0 Å². The van der Waals surface area contributed by atoms with Crippen LogP contribution in [0.25, 0.3) is 0 Å². The van der Waals surface area contributed by atoms with E-state index in [-0.39, 0.29) is 0 Å². The minimum Gasteiger partial charge on any atom is -0.380 e. The van der Waals surface area contributed by atoms with Gasteiger partial charge in [0.2, 0.25) is 0 Å². The lowest BCUT2D eigenvalue weighted by molar-refractivity contribution is 0.129. The molecule has 1 fully saturated rings. The van der Waals surface area contributed by atoms with Crippen LogP contribution in [0.2, 0.25) is 0 Å². The summed E-state index contributed by atoms with van der Waals surface area (Å²) in [6.07, 6.45) is 6.58. The molecule has 0 saturated carbocycles. The molecule has 102 valence electrons. The second-order valence-electron chi connectivity index (χ2n) is 5.10. The van der Waals surface area contributed by atoms with Crippen LogP contribution in [0, 0.1) is 0 Å². The van der Waals surface area contributed by atoms with Crippen LogP contribution < -0.4 is 5.32 Å². The Morgan fingerprint density at radius 1 is 1.24 bits per heavy atom. The highest BCUT2D eigenvalue weighted by Crippen LogP contribution is 2.15. The molecule has 1 rings (SSSR count). The maximum Gasteiger partial charge on any atom is 0.0590 e. The van der Waals surface area contributed by atoms with Gasteiger partial charge in [0, 0.05) is 32.3 Å². The van der Waals surface area contributed by atoms with E-state index >= 15 is 0 Å². The first kappa shape index (κ1) is 14.9. The molecule has 1 unspecified atom stereocenters. The molecule has 0 aromatic carbocycles. The van der Waals surface area contributed by atoms with Crippen LogP contribution in [0.1, 0.15) is 46.0 Å². The number of likely N-dealkylation sites (tertiary alicyclic amines) is 1. The van der Waals surface area contributed by atoms with Gasteiger partial charge in [-0.3, -0.25) is 4.90 Å². The molecule has 1 atom stereocenters. The molecule has 0 spiro atoms. The standard InChI is InChI=1S/C14H30N2O/c1-3-4-12-17-13-9-15-8-11-16-10-6-5-7-14(16)2/h14-15H,3-13H2,1-2H3. The highest BCUT2D eigenvalue weighted by atomic mass is 16.5. The van der Waals surface area contributed by atoms with E-state index in [1.54, 1.807) is 0 Å². The highest BCUT2D eigenvalue weighted by molar-refractivity contribution is 4.73. The van der Waals surface area contributed by atoms with Gasteiger partial charge >= 0.3 is 0 Å². The maximum atomic E-state index is 5.51. The Balaban J connectivity index is 1.86. The normalized spacial score (nSPS) is 21.9. The zero-order chi connectivity index (χ0) is 12.3. The molecular formula is C14H30N2O. The van der Waals surface area contributed by atoms with Crippen LogP contribution >= 0.6 is 0 Å². The summed E-state index contributed by atoms with van der Waals surface area (Å²) in [5.41, 5.74) is 0. The van der Waals surface area contributed by atoms with Crippen molar-refractivity contribution in [2.24, 2.45) is 0 Å². The summed E-state index contributed by atoms with van der Waals surface area (Å²) in [5, 5.41) is 3.46. The minimum atomic E-state index is 0.784. The molecule has 3 heteroatoms. The number of unbranched alkanes of at least 4 members (excludes halogenated alkanes) is 1. The van der Waals surface area contributed by atoms with Crippen molar-refractivity contribution in [1.29, 1.82) is 0 Å². The zero-order valence-electron chi connectivity index (χ0n) is 11.7. The van der Waals surface area contributed by atoms with E-state index in [1.165, 1.54) is 45.2 Å². The van der Waals surface area contributed by atoms with Gasteiger partial charge in [0.15, 0.2) is 0 Å². The van der Waals surface area contributed by atoms with Crippen molar-refractivity contribution in [2.75, 3.05) is 39.4 Å². The fourth-order valence-corrected chi connectivity index (χ4v) is 2.33. The molecule has 0 radical (unpaired) electrons. The Labute approximate surface area is 107 Å². The van der Waals surface area contributed by atoms with Gasteiger partial charge in [-0.05, 0) is 32.7 Å². The minimum absolute atomic E-state index is 0.784. The van der Waals surface area contributed by atoms with Crippen molar-refractivity contribution in [3.8, 4) is 0 Å². The van der Waals surface area contributed by atoms with E-state index in [0.717, 1.165) is 32.3 Å². The van der Waals surface area contributed by atoms with E-state index < -0.39 is 0 Å². The van der Waals surface area contributed by atoms with Crippen LogP contribution in [0.5, 0.6) is 0 Å². The lowest BCUT2D eigenvalue weighted by Gasteiger charge is -2.33. The van der Waals surface area contributed by atoms with E-state index in [9.17, 15) is 0 Å². The molecule has 1 saturated heterocycles. The molecule has 1 aliphatic rings. The first-order valence-corrected chi connectivity index (χ1v) is 7.37. The summed E-state index contributed by atoms with van der Waals surface area (Å²) >= 11 is 0. The van der Waals surface area contributed by atoms with E-state index in [1.807, 2.05) is 0 Å². The average molecular weight is 242 g/mol. The van der Waals surface area contributed by atoms with Crippen molar-refractivity contribution in [1.82, 2.24) is 10.2 Å². The SMILES string of the molecule is CCCCOCCNCCN1CCCCC1C. The van der Waals surface area contributed by atoms with Crippen LogP contribution in [0.3, 0.4) is 0 Å². The second-order valence-corrected chi connectivity index (χ2v) is 5.10. The smallest absolute Gasteiger partial charge is 0.0590 e. The lowest BCUT2D eigenvalue weighted by atomic mass is 10.0. The van der Waals surface area contributed by atoms with E-state index in [0.29, 0.717) is 0 Å². The van der Waals surface area contributed by atoms with Gasteiger partial charge < -0.3 is 10.1 Å². The highest BCUT2D eigenvalue weighted by Gasteiger charge is 2.16. The monoisotopic (exact) mass is 242 g/mol. The van der Waals surface area contributed by atoms with Gasteiger partial charge in [-0.1, -0.05) is 19.8 Å².